The van der Waals surface area contributed by atoms with E-state index >= 15 is 0 Å². The van der Waals surface area contributed by atoms with Gasteiger partial charge in [0.25, 0.3) is 5.91 Å². The fourth-order valence-corrected chi connectivity index (χ4v) is 2.17. The molecule has 0 aromatic heterocycles. The number of carbonyl (C=O) groups is 1. The minimum absolute atomic E-state index is 0.0394. The van der Waals surface area contributed by atoms with Crippen molar-refractivity contribution < 1.29 is 23.7 Å². The van der Waals surface area contributed by atoms with E-state index in [0.717, 1.165) is 0 Å². The van der Waals surface area contributed by atoms with Crippen LogP contribution in [0.25, 0.3) is 0 Å². The molecule has 0 radical (unpaired) electrons. The quantitative estimate of drug-likeness (QED) is 0.715. The molecular formula is C14H20BrNO5. The molecule has 0 aliphatic carbocycles. The summed E-state index contributed by atoms with van der Waals surface area (Å²) in [4.78, 5) is 12.3. The van der Waals surface area contributed by atoms with Crippen LogP contribution in [0.4, 0.5) is 0 Å². The van der Waals surface area contributed by atoms with Crippen molar-refractivity contribution in [3.8, 4) is 17.2 Å². The Morgan fingerprint density at radius 3 is 2.19 bits per heavy atom. The maximum absolute atomic E-state index is 12.3. The van der Waals surface area contributed by atoms with E-state index in [2.05, 4.69) is 21.2 Å². The second-order valence-corrected chi connectivity index (χ2v) is 5.47. The van der Waals surface area contributed by atoms with Gasteiger partial charge in [0.2, 0.25) is 0 Å². The van der Waals surface area contributed by atoms with Crippen LogP contribution < -0.4 is 19.5 Å². The van der Waals surface area contributed by atoms with Gasteiger partial charge in [-0.3, -0.25) is 4.79 Å². The van der Waals surface area contributed by atoms with E-state index in [0.29, 0.717) is 36.0 Å². The van der Waals surface area contributed by atoms with E-state index in [-0.39, 0.29) is 10.7 Å². The molecule has 21 heavy (non-hydrogen) atoms. The van der Waals surface area contributed by atoms with E-state index in [1.165, 1.54) is 21.3 Å². The molecule has 0 saturated heterocycles. The van der Waals surface area contributed by atoms with E-state index < -0.39 is 0 Å². The Balaban J connectivity index is 2.92. The number of hydrogen-bond acceptors (Lipinski definition) is 5. The summed E-state index contributed by atoms with van der Waals surface area (Å²) < 4.78 is 20.6. The average molecular weight is 362 g/mol. The summed E-state index contributed by atoms with van der Waals surface area (Å²) in [6.45, 7) is 0.938. The molecule has 0 spiro atoms. The Hall–Kier alpha value is -1.47. The third-order valence-corrected chi connectivity index (χ3v) is 3.37. The molecule has 1 atom stereocenters. The highest BCUT2D eigenvalue weighted by Gasteiger charge is 2.18. The highest BCUT2D eigenvalue weighted by molar-refractivity contribution is 9.09. The number of rotatable bonds is 8. The van der Waals surface area contributed by atoms with Crippen LogP contribution in [0, 0.1) is 0 Å². The second-order valence-electron chi connectivity index (χ2n) is 4.17. The van der Waals surface area contributed by atoms with Gasteiger partial charge in [-0.1, -0.05) is 15.9 Å². The van der Waals surface area contributed by atoms with Gasteiger partial charge in [0, 0.05) is 25.8 Å². The molecule has 0 saturated carbocycles. The normalized spacial score (nSPS) is 11.7. The summed E-state index contributed by atoms with van der Waals surface area (Å²) in [6, 6.07) is 3.21. The molecule has 118 valence electrons. The molecular weight excluding hydrogens is 342 g/mol. The smallest absolute Gasteiger partial charge is 0.255 e. The Bertz CT molecular complexity index is 481. The van der Waals surface area contributed by atoms with E-state index in [1.54, 1.807) is 19.2 Å². The highest BCUT2D eigenvalue weighted by atomic mass is 79.9. The molecule has 1 aromatic rings. The van der Waals surface area contributed by atoms with Gasteiger partial charge >= 0.3 is 0 Å². The standard InChI is InChI=1S/C14H20BrNO5/c1-18-8-9(15)7-16-14(17)10-5-12(20-3)13(21-4)6-11(10)19-2/h5-6,9H,7-8H2,1-4H3,(H,16,17). The SMILES string of the molecule is COCC(Br)CNC(=O)c1cc(OC)c(OC)cc1OC. The van der Waals surface area contributed by atoms with Crippen LogP contribution >= 0.6 is 15.9 Å². The van der Waals surface area contributed by atoms with Gasteiger partial charge in [0.1, 0.15) is 5.75 Å². The monoisotopic (exact) mass is 361 g/mol. The van der Waals surface area contributed by atoms with Crippen LogP contribution in [0.5, 0.6) is 17.2 Å². The van der Waals surface area contributed by atoms with Crippen molar-refractivity contribution in [2.24, 2.45) is 0 Å². The van der Waals surface area contributed by atoms with Gasteiger partial charge in [0.05, 0.1) is 38.3 Å². The Morgan fingerprint density at radius 2 is 1.67 bits per heavy atom. The van der Waals surface area contributed by atoms with Gasteiger partial charge in [0.15, 0.2) is 11.5 Å². The molecule has 1 amide bonds. The lowest BCUT2D eigenvalue weighted by Crippen LogP contribution is -2.31. The number of methoxy groups -OCH3 is 4. The lowest BCUT2D eigenvalue weighted by Gasteiger charge is -2.15. The summed E-state index contributed by atoms with van der Waals surface area (Å²) in [7, 11) is 6.14. The van der Waals surface area contributed by atoms with Crippen LogP contribution in [-0.2, 0) is 4.74 Å². The number of carbonyl (C=O) groups excluding carboxylic acids is 1. The van der Waals surface area contributed by atoms with Gasteiger partial charge < -0.3 is 24.3 Å². The topological polar surface area (TPSA) is 66.0 Å². The summed E-state index contributed by atoms with van der Waals surface area (Å²) in [6.07, 6.45) is 0. The Kier molecular flexibility index (Phi) is 7.31. The number of nitrogens with one attached hydrogen (secondary N) is 1. The molecule has 0 aliphatic heterocycles. The number of benzene rings is 1. The van der Waals surface area contributed by atoms with E-state index in [1.807, 2.05) is 0 Å². The lowest BCUT2D eigenvalue weighted by atomic mass is 10.1. The van der Waals surface area contributed by atoms with Crippen molar-refractivity contribution >= 4 is 21.8 Å². The van der Waals surface area contributed by atoms with Gasteiger partial charge in [-0.2, -0.15) is 0 Å². The molecule has 1 aromatic carbocycles. The maximum atomic E-state index is 12.3. The zero-order valence-corrected chi connectivity index (χ0v) is 14.2. The van der Waals surface area contributed by atoms with Gasteiger partial charge in [-0.05, 0) is 0 Å². The van der Waals surface area contributed by atoms with Crippen molar-refractivity contribution in [1.29, 1.82) is 0 Å². The summed E-state index contributed by atoms with van der Waals surface area (Å²) in [5, 5.41) is 2.80. The minimum Gasteiger partial charge on any atom is -0.496 e. The number of ether oxygens (including phenoxy) is 4. The molecule has 0 heterocycles. The second kappa shape index (κ2) is 8.74. The predicted octanol–water partition coefficient (Wildman–Crippen LogP) is 1.85. The molecule has 1 rings (SSSR count). The number of alkyl halides is 1. The summed E-state index contributed by atoms with van der Waals surface area (Å²) in [5.41, 5.74) is 0.382. The van der Waals surface area contributed by atoms with Crippen LogP contribution in [-0.4, -0.2) is 52.3 Å². The minimum atomic E-state index is -0.256. The van der Waals surface area contributed by atoms with Gasteiger partial charge in [-0.25, -0.2) is 0 Å². The van der Waals surface area contributed by atoms with Crippen molar-refractivity contribution in [2.75, 3.05) is 41.6 Å². The predicted molar refractivity (Wildman–Crippen MR) is 83.0 cm³/mol. The summed E-state index contributed by atoms with van der Waals surface area (Å²) >= 11 is 3.41. The lowest BCUT2D eigenvalue weighted by molar-refractivity contribution is 0.0946. The van der Waals surface area contributed by atoms with Crippen LogP contribution in [0.15, 0.2) is 12.1 Å². The number of halogens is 1. The molecule has 6 nitrogen and oxygen atoms in total. The molecule has 0 fully saturated rings. The van der Waals surface area contributed by atoms with Crippen molar-refractivity contribution in [3.05, 3.63) is 17.7 Å². The van der Waals surface area contributed by atoms with Crippen LogP contribution in [0.1, 0.15) is 10.4 Å². The molecule has 1 unspecified atom stereocenters. The molecule has 1 N–H and O–H groups in total. The molecule has 7 heteroatoms. The number of amides is 1. The Labute approximate surface area is 132 Å². The first-order chi connectivity index (χ1) is 10.1. The van der Waals surface area contributed by atoms with Crippen LogP contribution in [0.3, 0.4) is 0 Å². The third-order valence-electron chi connectivity index (χ3n) is 2.78. The first-order valence-electron chi connectivity index (χ1n) is 6.28. The zero-order chi connectivity index (χ0) is 15.8. The van der Waals surface area contributed by atoms with E-state index in [4.69, 9.17) is 18.9 Å². The van der Waals surface area contributed by atoms with Crippen molar-refractivity contribution in [3.63, 3.8) is 0 Å². The van der Waals surface area contributed by atoms with Gasteiger partial charge in [-0.15, -0.1) is 0 Å². The van der Waals surface area contributed by atoms with Crippen LogP contribution in [0.2, 0.25) is 0 Å². The number of hydrogen-bond donors (Lipinski definition) is 1. The van der Waals surface area contributed by atoms with E-state index in [9.17, 15) is 4.79 Å². The molecule has 0 aliphatic rings. The average Bonchev–Trinajstić information content (AvgIpc) is 2.51. The zero-order valence-electron chi connectivity index (χ0n) is 12.6. The largest absolute Gasteiger partial charge is 0.496 e. The maximum Gasteiger partial charge on any atom is 0.255 e. The molecule has 0 bridgehead atoms. The van der Waals surface area contributed by atoms with Crippen molar-refractivity contribution in [1.82, 2.24) is 5.32 Å². The summed E-state index contributed by atoms with van der Waals surface area (Å²) in [5.74, 6) is 1.13. The third kappa shape index (κ3) is 4.78. The first kappa shape index (κ1) is 17.6. The highest BCUT2D eigenvalue weighted by Crippen LogP contribution is 2.34. The Morgan fingerprint density at radius 1 is 1.10 bits per heavy atom. The fourth-order valence-electron chi connectivity index (χ4n) is 1.75. The first-order valence-corrected chi connectivity index (χ1v) is 7.20. The fraction of sp³-hybridized carbons (Fsp3) is 0.500. The van der Waals surface area contributed by atoms with Crippen molar-refractivity contribution in [2.45, 2.75) is 4.83 Å².